The fourth-order valence-electron chi connectivity index (χ4n) is 14.5. The quantitative estimate of drug-likeness (QED) is 0.130. The second-order valence-corrected chi connectivity index (χ2v) is 24.9. The molecular formula is C61H82N10O7. The summed E-state index contributed by atoms with van der Waals surface area (Å²) < 4.78 is 20.8. The molecule has 0 radical (unpaired) electrons. The highest BCUT2D eigenvalue weighted by atomic mass is 16.5. The summed E-state index contributed by atoms with van der Waals surface area (Å²) in [7, 11) is 1.74. The highest BCUT2D eigenvalue weighted by Crippen LogP contribution is 2.45. The van der Waals surface area contributed by atoms with Crippen molar-refractivity contribution in [3.8, 4) is 22.4 Å². The Morgan fingerprint density at radius 3 is 2.58 bits per heavy atom. The van der Waals surface area contributed by atoms with E-state index in [1.54, 1.807) is 12.1 Å². The number of cyclic esters (lactones) is 1. The number of methoxy groups -OCH3 is 1. The first kappa shape index (κ1) is 53.2. The Labute approximate surface area is 460 Å². The van der Waals surface area contributed by atoms with Gasteiger partial charge in [0, 0.05) is 106 Å². The number of rotatable bonds is 10. The van der Waals surface area contributed by atoms with Crippen LogP contribution in [0.4, 0.5) is 5.69 Å². The number of nitrogens with zero attached hydrogens (tertiary/aromatic N) is 7. The predicted octanol–water partition coefficient (Wildman–Crippen LogP) is 5.72. The normalized spacial score (nSPS) is 27.9. The van der Waals surface area contributed by atoms with Gasteiger partial charge in [0.2, 0.25) is 11.8 Å². The highest BCUT2D eigenvalue weighted by molar-refractivity contribution is 5.96. The van der Waals surface area contributed by atoms with E-state index in [-0.39, 0.29) is 60.3 Å². The average Bonchev–Trinajstić information content (AvgIpc) is 3.70. The molecule has 2 aromatic heterocycles. The van der Waals surface area contributed by atoms with Gasteiger partial charge in [0.15, 0.2) is 0 Å². The van der Waals surface area contributed by atoms with E-state index in [0.29, 0.717) is 38.4 Å². The summed E-state index contributed by atoms with van der Waals surface area (Å²) in [6.45, 7) is 18.9. The number of carbonyl (C=O) groups is 4. The molecule has 7 aliphatic heterocycles. The molecule has 4 aromatic rings. The van der Waals surface area contributed by atoms with E-state index in [2.05, 4.69) is 112 Å². The lowest BCUT2D eigenvalue weighted by Gasteiger charge is -2.44. The van der Waals surface area contributed by atoms with Crippen LogP contribution in [0.25, 0.3) is 33.3 Å². The summed E-state index contributed by atoms with van der Waals surface area (Å²) in [4.78, 5) is 72.4. The van der Waals surface area contributed by atoms with Crippen LogP contribution in [0, 0.1) is 16.7 Å². The van der Waals surface area contributed by atoms with Crippen molar-refractivity contribution in [3.63, 3.8) is 0 Å². The summed E-state index contributed by atoms with van der Waals surface area (Å²) in [6, 6.07) is 15.8. The maximum atomic E-state index is 15.2. The SMILES string of the molecule is CCn1c(-c2cc(N3CCN4CCOC[C@@H]4C3)cnc2[C@H](C)OC)c2c3cc(ccc31)-c1cccc(c1)C[C@H](NC(=O)[C@H](C1CCCC1)N1CC[C@]3(CCN(C(=O)C4CN4)C3)C1)C(=O)N1CCC[C@H](N1)C(=O)OCC(C)(C)C2. The van der Waals surface area contributed by atoms with Crippen LogP contribution < -0.4 is 21.0 Å². The summed E-state index contributed by atoms with van der Waals surface area (Å²) in [5.74, 6) is -0.394. The van der Waals surface area contributed by atoms with Gasteiger partial charge in [-0.2, -0.15) is 0 Å². The summed E-state index contributed by atoms with van der Waals surface area (Å²) >= 11 is 0. The molecule has 17 heteroatoms. The molecule has 1 saturated carbocycles. The van der Waals surface area contributed by atoms with E-state index in [0.717, 1.165) is 166 Å². The first-order valence-electron chi connectivity index (χ1n) is 29.4. The van der Waals surface area contributed by atoms with E-state index in [9.17, 15) is 9.59 Å². The van der Waals surface area contributed by atoms with Gasteiger partial charge in [0.05, 0.1) is 67.3 Å². The fraction of sp³-hybridized carbons (Fsp3) is 0.623. The van der Waals surface area contributed by atoms with Crippen molar-refractivity contribution in [2.75, 3.05) is 97.3 Å². The summed E-state index contributed by atoms with van der Waals surface area (Å²) in [5, 5.41) is 9.25. The van der Waals surface area contributed by atoms with E-state index in [1.165, 1.54) is 0 Å². The molecule has 2 aromatic carbocycles. The molecule has 8 aliphatic rings. The minimum absolute atomic E-state index is 0.0340. The highest BCUT2D eigenvalue weighted by Gasteiger charge is 2.50. The number of likely N-dealkylation sites (tertiary alicyclic amines) is 2. The maximum Gasteiger partial charge on any atom is 0.324 e. The van der Waals surface area contributed by atoms with Crippen LogP contribution in [0.3, 0.4) is 0 Å². The van der Waals surface area contributed by atoms with E-state index in [1.807, 2.05) is 11.1 Å². The number of nitrogens with one attached hydrogen (secondary N) is 3. The zero-order chi connectivity index (χ0) is 53.9. The second-order valence-electron chi connectivity index (χ2n) is 24.9. The number of amides is 3. The monoisotopic (exact) mass is 1070 g/mol. The number of benzene rings is 2. The van der Waals surface area contributed by atoms with Gasteiger partial charge in [-0.05, 0) is 112 Å². The fourth-order valence-corrected chi connectivity index (χ4v) is 14.5. The Kier molecular flexibility index (Phi) is 14.9. The van der Waals surface area contributed by atoms with Gasteiger partial charge in [0.1, 0.15) is 12.1 Å². The minimum atomic E-state index is -0.901. The molecule has 12 rings (SSSR count). The van der Waals surface area contributed by atoms with Crippen molar-refractivity contribution in [2.45, 2.75) is 135 Å². The largest absolute Gasteiger partial charge is 0.464 e. The number of hydrazine groups is 1. The molecule has 6 bridgehead atoms. The Morgan fingerprint density at radius 1 is 0.949 bits per heavy atom. The molecule has 6 saturated heterocycles. The average molecular weight is 1070 g/mol. The number of hydrogen-bond donors (Lipinski definition) is 3. The number of aromatic nitrogens is 2. The van der Waals surface area contributed by atoms with E-state index < -0.39 is 23.5 Å². The number of carbonyl (C=O) groups excluding carboxylic acids is 4. The van der Waals surface area contributed by atoms with Crippen molar-refractivity contribution in [1.29, 1.82) is 0 Å². The van der Waals surface area contributed by atoms with Gasteiger partial charge in [-0.15, -0.1) is 0 Å². The second kappa shape index (κ2) is 21.9. The number of fused-ring (bicyclic) bond motifs is 7. The van der Waals surface area contributed by atoms with Gasteiger partial charge >= 0.3 is 5.97 Å². The summed E-state index contributed by atoms with van der Waals surface area (Å²) in [5.41, 5.74) is 12.1. The number of esters is 1. The molecule has 1 unspecified atom stereocenters. The van der Waals surface area contributed by atoms with E-state index >= 15 is 9.59 Å². The van der Waals surface area contributed by atoms with Crippen LogP contribution in [0.2, 0.25) is 0 Å². The number of aryl methyl sites for hydroxylation is 1. The molecule has 3 amide bonds. The van der Waals surface area contributed by atoms with Crippen molar-refractivity contribution in [3.05, 3.63) is 71.5 Å². The number of ether oxygens (including phenoxy) is 3. The minimum Gasteiger partial charge on any atom is -0.464 e. The number of anilines is 1. The van der Waals surface area contributed by atoms with Gasteiger partial charge < -0.3 is 39.2 Å². The zero-order valence-corrected chi connectivity index (χ0v) is 46.7. The Bertz CT molecular complexity index is 2920. The van der Waals surface area contributed by atoms with E-state index in [4.69, 9.17) is 19.2 Å². The van der Waals surface area contributed by atoms with Crippen molar-refractivity contribution in [1.82, 2.24) is 45.3 Å². The Morgan fingerprint density at radius 2 is 1.77 bits per heavy atom. The number of hydrogen-bond acceptors (Lipinski definition) is 13. The molecule has 1 aliphatic carbocycles. The Hall–Kier alpha value is -5.43. The van der Waals surface area contributed by atoms with Crippen LogP contribution in [-0.4, -0.2) is 176 Å². The molecular weight excluding hydrogens is 985 g/mol. The van der Waals surface area contributed by atoms with Crippen LogP contribution in [0.5, 0.6) is 0 Å². The lowest BCUT2D eigenvalue weighted by molar-refractivity contribution is -0.155. The molecule has 78 heavy (non-hydrogen) atoms. The molecule has 7 atom stereocenters. The van der Waals surface area contributed by atoms with Crippen molar-refractivity contribution < 1.29 is 33.4 Å². The van der Waals surface area contributed by atoms with Gasteiger partial charge in [-0.1, -0.05) is 57.0 Å². The van der Waals surface area contributed by atoms with Crippen molar-refractivity contribution >= 4 is 40.3 Å². The standard InChI is InChI=1S/C61H82N10O7/c1-6-70-52-17-16-43-29-46(52)48(55(70)47-30-44(32-63-53(47)39(2)76-5)67-24-23-66-25-26-77-35-45(66)34-67)31-60(3,4)38-78-59(75)49-15-10-20-71(65-49)58(74)50(28-40-11-9-14-42(43)27-40)64-56(72)54(41-12-7-8-13-41)68-21-18-61(36-68)19-22-69(37-61)57(73)51-33-62-51/h9,11,14,16-17,27,29-30,32,39,41,45,49-51,54,62,65H,6-8,10,12-13,15,18-26,28,31,33-38H2,1-5H3,(H,64,72)/t39-,45-,49-,50-,51?,54-,61-/m0/s1. The number of pyridine rings is 1. The third-order valence-corrected chi connectivity index (χ3v) is 18.9. The zero-order valence-electron chi connectivity index (χ0n) is 46.7. The molecule has 17 nitrogen and oxygen atoms in total. The molecule has 418 valence electrons. The molecule has 9 heterocycles. The lowest BCUT2D eigenvalue weighted by Crippen LogP contribution is -2.62. The molecule has 1 spiro atoms. The topological polar surface area (TPSA) is 176 Å². The van der Waals surface area contributed by atoms with Crippen LogP contribution in [0.1, 0.15) is 102 Å². The smallest absolute Gasteiger partial charge is 0.324 e. The summed E-state index contributed by atoms with van der Waals surface area (Å²) in [6.07, 6.45) is 9.70. The van der Waals surface area contributed by atoms with Crippen molar-refractivity contribution in [2.24, 2.45) is 16.7 Å². The number of morpholine rings is 1. The van der Waals surface area contributed by atoms with Gasteiger partial charge in [0.25, 0.3) is 5.91 Å². The predicted molar refractivity (Wildman–Crippen MR) is 299 cm³/mol. The number of piperazine rings is 1. The Balaban J connectivity index is 0.905. The third-order valence-electron chi connectivity index (χ3n) is 18.9. The lowest BCUT2D eigenvalue weighted by atomic mass is 9.84. The van der Waals surface area contributed by atoms with Crippen LogP contribution in [-0.2, 0) is 52.8 Å². The maximum absolute atomic E-state index is 15.2. The first-order valence-corrected chi connectivity index (χ1v) is 29.4. The van der Waals surface area contributed by atoms with Crippen LogP contribution in [0.15, 0.2) is 54.7 Å². The molecule has 3 N–H and O–H groups in total. The van der Waals surface area contributed by atoms with Crippen LogP contribution >= 0.6 is 0 Å². The van der Waals surface area contributed by atoms with Gasteiger partial charge in [-0.25, -0.2) is 5.43 Å². The molecule has 7 fully saturated rings. The third kappa shape index (κ3) is 10.6. The van der Waals surface area contributed by atoms with Gasteiger partial charge in [-0.3, -0.25) is 39.0 Å². The first-order chi connectivity index (χ1) is 37.8.